The highest BCUT2D eigenvalue weighted by atomic mass is 79.9. The maximum absolute atomic E-state index is 13.1. The number of alkyl halides is 3. The Morgan fingerprint density at radius 3 is 2.28 bits per heavy atom. The van der Waals surface area contributed by atoms with Crippen LogP contribution in [0.4, 0.5) is 13.2 Å². The van der Waals surface area contributed by atoms with Crippen LogP contribution >= 0.6 is 27.3 Å². The zero-order chi connectivity index (χ0) is 18.4. The Hall–Kier alpha value is -1.69. The van der Waals surface area contributed by atoms with Crippen LogP contribution in [0.1, 0.15) is 5.69 Å². The number of aromatic nitrogens is 2. The van der Waals surface area contributed by atoms with Gasteiger partial charge in [-0.2, -0.15) is 18.3 Å². The van der Waals surface area contributed by atoms with Gasteiger partial charge in [0.2, 0.25) is 10.0 Å². The second-order valence-corrected chi connectivity index (χ2v) is 8.38. The third-order valence-corrected chi connectivity index (χ3v) is 5.87. The van der Waals surface area contributed by atoms with Crippen LogP contribution in [-0.2, 0) is 16.2 Å². The fourth-order valence-electron chi connectivity index (χ4n) is 2.12. The van der Waals surface area contributed by atoms with Gasteiger partial charge in [0.05, 0.1) is 21.2 Å². The van der Waals surface area contributed by atoms with Crippen molar-refractivity contribution in [2.24, 2.45) is 5.14 Å². The number of thiophene rings is 1. The van der Waals surface area contributed by atoms with Gasteiger partial charge in [0.15, 0.2) is 5.69 Å². The van der Waals surface area contributed by atoms with Crippen LogP contribution in [-0.4, -0.2) is 18.2 Å². The van der Waals surface area contributed by atoms with Crippen molar-refractivity contribution in [1.29, 1.82) is 0 Å². The first-order chi connectivity index (χ1) is 11.6. The quantitative estimate of drug-likeness (QED) is 0.652. The number of nitrogens with zero attached hydrogens (tertiary/aromatic N) is 2. The van der Waals surface area contributed by atoms with Crippen molar-refractivity contribution in [2.45, 2.75) is 11.1 Å². The van der Waals surface area contributed by atoms with Crippen LogP contribution in [0.3, 0.4) is 0 Å². The number of primary sulfonamides is 1. The van der Waals surface area contributed by atoms with Gasteiger partial charge in [-0.15, -0.1) is 11.3 Å². The van der Waals surface area contributed by atoms with Gasteiger partial charge in [-0.3, -0.25) is 0 Å². The van der Waals surface area contributed by atoms with Crippen LogP contribution < -0.4 is 5.14 Å². The molecule has 11 heteroatoms. The van der Waals surface area contributed by atoms with Crippen molar-refractivity contribution in [1.82, 2.24) is 9.78 Å². The average Bonchev–Trinajstić information content (AvgIpc) is 3.12. The molecule has 0 spiro atoms. The molecular weight excluding hydrogens is 443 g/mol. The van der Waals surface area contributed by atoms with Gasteiger partial charge < -0.3 is 0 Å². The van der Waals surface area contributed by atoms with Crippen LogP contribution in [0.5, 0.6) is 0 Å². The van der Waals surface area contributed by atoms with Crippen molar-refractivity contribution in [2.75, 3.05) is 0 Å². The van der Waals surface area contributed by atoms with Crippen molar-refractivity contribution < 1.29 is 21.6 Å². The molecule has 2 N–H and O–H groups in total. The predicted octanol–water partition coefficient (Wildman–Crippen LogP) is 4.03. The molecule has 0 radical (unpaired) electrons. The second kappa shape index (κ2) is 6.24. The van der Waals surface area contributed by atoms with E-state index in [9.17, 15) is 21.6 Å². The number of halogens is 4. The molecule has 0 saturated heterocycles. The molecule has 132 valence electrons. The molecule has 3 rings (SSSR count). The first-order valence-corrected chi connectivity index (χ1v) is 9.82. The standard InChI is InChI=1S/C14H9BrF3N3O2S2/c15-8-5-12(24-7-8)11-6-13(14(16,17)18)20-21(11)9-1-3-10(4-2-9)25(19,22)23/h1-7H,(H2,19,22,23). The predicted molar refractivity (Wildman–Crippen MR) is 91.0 cm³/mol. The van der Waals surface area contributed by atoms with Crippen molar-refractivity contribution in [3.05, 3.63) is 51.9 Å². The molecule has 0 atom stereocenters. The first-order valence-electron chi connectivity index (χ1n) is 6.60. The molecule has 0 unspecified atom stereocenters. The number of hydrogen-bond donors (Lipinski definition) is 1. The van der Waals surface area contributed by atoms with Gasteiger partial charge >= 0.3 is 6.18 Å². The Morgan fingerprint density at radius 2 is 1.80 bits per heavy atom. The van der Waals surface area contributed by atoms with E-state index in [0.29, 0.717) is 4.88 Å². The molecule has 0 saturated carbocycles. The van der Waals surface area contributed by atoms with Gasteiger partial charge in [0.25, 0.3) is 0 Å². The van der Waals surface area contributed by atoms with Gasteiger partial charge in [0.1, 0.15) is 0 Å². The van der Waals surface area contributed by atoms with Gasteiger partial charge in [-0.25, -0.2) is 18.2 Å². The molecule has 0 amide bonds. The second-order valence-electron chi connectivity index (χ2n) is 4.99. The Kier molecular flexibility index (Phi) is 4.52. The number of hydrogen-bond acceptors (Lipinski definition) is 4. The van der Waals surface area contributed by atoms with E-state index in [1.165, 1.54) is 35.6 Å². The highest BCUT2D eigenvalue weighted by Crippen LogP contribution is 2.36. The van der Waals surface area contributed by atoms with E-state index in [-0.39, 0.29) is 16.3 Å². The molecule has 25 heavy (non-hydrogen) atoms. The fraction of sp³-hybridized carbons (Fsp3) is 0.0714. The minimum atomic E-state index is -4.60. The third-order valence-electron chi connectivity index (χ3n) is 3.23. The van der Waals surface area contributed by atoms with E-state index in [2.05, 4.69) is 21.0 Å². The molecule has 0 fully saturated rings. The van der Waals surface area contributed by atoms with E-state index in [1.54, 1.807) is 11.4 Å². The topological polar surface area (TPSA) is 78.0 Å². The molecule has 2 heterocycles. The molecular formula is C14H9BrF3N3O2S2. The van der Waals surface area contributed by atoms with E-state index in [1.807, 2.05) is 0 Å². The summed E-state index contributed by atoms with van der Waals surface area (Å²) in [5, 5.41) is 10.4. The minimum absolute atomic E-state index is 0.139. The highest BCUT2D eigenvalue weighted by molar-refractivity contribution is 9.10. The van der Waals surface area contributed by atoms with E-state index >= 15 is 0 Å². The summed E-state index contributed by atoms with van der Waals surface area (Å²) < 4.78 is 63.7. The zero-order valence-corrected chi connectivity index (χ0v) is 15.4. The number of benzene rings is 1. The molecule has 0 aliphatic rings. The summed E-state index contributed by atoms with van der Waals surface area (Å²) >= 11 is 4.52. The van der Waals surface area contributed by atoms with Crippen molar-refractivity contribution >= 4 is 37.3 Å². The van der Waals surface area contributed by atoms with Crippen LogP contribution in [0.15, 0.2) is 51.1 Å². The monoisotopic (exact) mass is 451 g/mol. The van der Waals surface area contributed by atoms with Crippen LogP contribution in [0, 0.1) is 0 Å². The number of rotatable bonds is 3. The molecule has 0 aliphatic carbocycles. The summed E-state index contributed by atoms with van der Waals surface area (Å²) in [5.41, 5.74) is -0.517. The minimum Gasteiger partial charge on any atom is -0.232 e. The highest BCUT2D eigenvalue weighted by Gasteiger charge is 2.35. The van der Waals surface area contributed by atoms with Crippen LogP contribution in [0.25, 0.3) is 16.3 Å². The lowest BCUT2D eigenvalue weighted by molar-refractivity contribution is -0.141. The largest absolute Gasteiger partial charge is 0.435 e. The van der Waals surface area contributed by atoms with Gasteiger partial charge in [-0.05, 0) is 52.3 Å². The molecule has 2 aromatic heterocycles. The Labute approximate surface area is 153 Å². The summed E-state index contributed by atoms with van der Waals surface area (Å²) in [5.74, 6) is 0. The lowest BCUT2D eigenvalue weighted by atomic mass is 10.2. The SMILES string of the molecule is NS(=O)(=O)c1ccc(-n2nc(C(F)(F)F)cc2-c2cc(Br)cs2)cc1. The lowest BCUT2D eigenvalue weighted by Gasteiger charge is -2.07. The summed E-state index contributed by atoms with van der Waals surface area (Å²) in [4.78, 5) is 0.435. The van der Waals surface area contributed by atoms with Crippen molar-refractivity contribution in [3.63, 3.8) is 0 Å². The molecule has 1 aromatic carbocycles. The van der Waals surface area contributed by atoms with Gasteiger partial charge in [-0.1, -0.05) is 0 Å². The zero-order valence-electron chi connectivity index (χ0n) is 12.2. The fourth-order valence-corrected chi connectivity index (χ4v) is 4.06. The molecule has 5 nitrogen and oxygen atoms in total. The number of sulfonamides is 1. The first kappa shape index (κ1) is 18.1. The van der Waals surface area contributed by atoms with Gasteiger partial charge in [0, 0.05) is 9.85 Å². The maximum Gasteiger partial charge on any atom is 0.435 e. The summed E-state index contributed by atoms with van der Waals surface area (Å²) in [6.45, 7) is 0. The maximum atomic E-state index is 13.1. The van der Waals surface area contributed by atoms with E-state index < -0.39 is 21.9 Å². The van der Waals surface area contributed by atoms with Crippen molar-refractivity contribution in [3.8, 4) is 16.3 Å². The average molecular weight is 452 g/mol. The summed E-state index contributed by atoms with van der Waals surface area (Å²) in [6.07, 6.45) is -4.60. The number of nitrogens with two attached hydrogens (primary N) is 1. The summed E-state index contributed by atoms with van der Waals surface area (Å²) in [6, 6.07) is 7.75. The Morgan fingerprint density at radius 1 is 1.16 bits per heavy atom. The summed E-state index contributed by atoms with van der Waals surface area (Å²) in [7, 11) is -3.89. The third kappa shape index (κ3) is 3.78. The lowest BCUT2D eigenvalue weighted by Crippen LogP contribution is -2.12. The molecule has 0 bridgehead atoms. The molecule has 0 aliphatic heterocycles. The Bertz CT molecular complexity index is 1020. The molecule has 3 aromatic rings. The van der Waals surface area contributed by atoms with E-state index in [4.69, 9.17) is 5.14 Å². The Balaban J connectivity index is 2.16. The normalized spacial score (nSPS) is 12.5. The smallest absolute Gasteiger partial charge is 0.232 e. The van der Waals surface area contributed by atoms with E-state index in [0.717, 1.165) is 15.2 Å². The van der Waals surface area contributed by atoms with Crippen LogP contribution in [0.2, 0.25) is 0 Å².